The first-order valence-corrected chi connectivity index (χ1v) is 10.9. The van der Waals surface area contributed by atoms with Crippen LogP contribution >= 0.6 is 0 Å². The molecular formula is C21H25NO5S. The van der Waals surface area contributed by atoms with Gasteiger partial charge >= 0.3 is 0 Å². The number of carbonyl (C=O) groups is 1. The predicted octanol–water partition coefficient (Wildman–Crippen LogP) is 1.30. The number of benzene rings is 1. The minimum absolute atomic E-state index is 0.0466. The number of aliphatic hydroxyl groups is 1. The minimum atomic E-state index is -3.70. The molecule has 3 N–H and O–H groups in total. The number of hydroxylamine groups is 1. The van der Waals surface area contributed by atoms with E-state index in [1.807, 2.05) is 24.3 Å². The Bertz CT molecular complexity index is 925. The summed E-state index contributed by atoms with van der Waals surface area (Å²) in [4.78, 5) is 11.8. The third-order valence-electron chi connectivity index (χ3n) is 5.28. The smallest absolute Gasteiger partial charge is 0.264 e. The molecule has 7 heteroatoms. The number of carbonyl (C=O) groups excluding carboxylic acids is 1. The maximum absolute atomic E-state index is 12.0. The van der Waals surface area contributed by atoms with Gasteiger partial charge in [-0.15, -0.1) is 0 Å². The molecule has 1 atom stereocenters. The Hall–Kier alpha value is -2.32. The molecule has 1 fully saturated rings. The third kappa shape index (κ3) is 5.36. The average molecular weight is 404 g/mol. The molecule has 0 radical (unpaired) electrons. The lowest BCUT2D eigenvalue weighted by atomic mass is 9.76. The summed E-state index contributed by atoms with van der Waals surface area (Å²) in [5.41, 5.74) is 3.10. The van der Waals surface area contributed by atoms with Gasteiger partial charge in [0.15, 0.2) is 9.84 Å². The monoisotopic (exact) mass is 403 g/mol. The molecule has 0 aromatic heterocycles. The number of rotatable bonds is 6. The highest BCUT2D eigenvalue weighted by Crippen LogP contribution is 2.32. The Morgan fingerprint density at radius 2 is 1.89 bits per heavy atom. The highest BCUT2D eigenvalue weighted by Gasteiger charge is 2.43. The van der Waals surface area contributed by atoms with Crippen LogP contribution in [0.2, 0.25) is 0 Å². The van der Waals surface area contributed by atoms with Gasteiger partial charge in [0.2, 0.25) is 0 Å². The topological polar surface area (TPSA) is 104 Å². The van der Waals surface area contributed by atoms with Crippen molar-refractivity contribution in [2.45, 2.75) is 37.4 Å². The van der Waals surface area contributed by atoms with Gasteiger partial charge < -0.3 is 5.11 Å². The molecule has 1 aliphatic rings. The molecule has 0 saturated heterocycles. The maximum Gasteiger partial charge on any atom is 0.264 e. The van der Waals surface area contributed by atoms with Gasteiger partial charge in [-0.1, -0.05) is 24.0 Å². The van der Waals surface area contributed by atoms with Gasteiger partial charge in [-0.25, -0.2) is 13.9 Å². The summed E-state index contributed by atoms with van der Waals surface area (Å²) < 4.78 is 22.2. The molecule has 6 nitrogen and oxygen atoms in total. The second-order valence-electron chi connectivity index (χ2n) is 7.38. The molecule has 0 bridgehead atoms. The number of aliphatic hydroxyl groups excluding tert-OH is 1. The van der Waals surface area contributed by atoms with Crippen LogP contribution in [0.25, 0.3) is 0 Å². The summed E-state index contributed by atoms with van der Waals surface area (Å²) in [5.74, 6) is 11.5. The minimum Gasteiger partial charge on any atom is -0.396 e. The molecule has 0 heterocycles. The normalized spacial score (nSPS) is 20.4. The van der Waals surface area contributed by atoms with Crippen molar-refractivity contribution < 1.29 is 23.5 Å². The standard InChI is InChI=1S/C21H25NO5S/c1-21(20(24)22-25,28(2,26)27)12-11-17-9-7-16(8-10-17)5-3-4-6-18-13-19(14-18)15-23/h7-10,18-19,23,25H,11-15H2,1-2H3,(H,22,24). The van der Waals surface area contributed by atoms with E-state index < -0.39 is 20.5 Å². The van der Waals surface area contributed by atoms with Crippen LogP contribution in [0, 0.1) is 35.5 Å². The zero-order chi connectivity index (χ0) is 20.8. The Labute approximate surface area is 166 Å². The van der Waals surface area contributed by atoms with E-state index >= 15 is 0 Å². The fraction of sp³-hybridized carbons (Fsp3) is 0.476. The highest BCUT2D eigenvalue weighted by molar-refractivity contribution is 7.92. The molecule has 0 spiro atoms. The summed E-state index contributed by atoms with van der Waals surface area (Å²) in [5, 5.41) is 17.8. The van der Waals surface area contributed by atoms with Crippen molar-refractivity contribution in [3.8, 4) is 23.7 Å². The Morgan fingerprint density at radius 3 is 2.43 bits per heavy atom. The first-order chi connectivity index (χ1) is 13.2. The van der Waals surface area contributed by atoms with Crippen LogP contribution in [0.3, 0.4) is 0 Å². The summed E-state index contributed by atoms with van der Waals surface area (Å²) >= 11 is 0. The number of aryl methyl sites for hydroxylation is 1. The first-order valence-electron chi connectivity index (χ1n) is 9.05. The van der Waals surface area contributed by atoms with Crippen LogP contribution in [0.1, 0.15) is 37.3 Å². The Kier molecular flexibility index (Phi) is 7.26. The van der Waals surface area contributed by atoms with Crippen LogP contribution < -0.4 is 5.48 Å². The molecule has 1 aliphatic carbocycles. The van der Waals surface area contributed by atoms with Gasteiger partial charge in [-0.05, 0) is 68.1 Å². The lowest BCUT2D eigenvalue weighted by molar-refractivity contribution is -0.131. The summed E-state index contributed by atoms with van der Waals surface area (Å²) in [6, 6.07) is 7.29. The van der Waals surface area contributed by atoms with Crippen molar-refractivity contribution in [2.24, 2.45) is 11.8 Å². The van der Waals surface area contributed by atoms with Crippen LogP contribution in [0.4, 0.5) is 0 Å². The number of sulfone groups is 1. The van der Waals surface area contributed by atoms with E-state index in [9.17, 15) is 13.2 Å². The van der Waals surface area contributed by atoms with Crippen LogP contribution in [0.15, 0.2) is 24.3 Å². The number of amides is 1. The second-order valence-corrected chi connectivity index (χ2v) is 9.82. The van der Waals surface area contributed by atoms with Gasteiger partial charge in [-0.2, -0.15) is 0 Å². The Morgan fingerprint density at radius 1 is 1.25 bits per heavy atom. The van der Waals surface area contributed by atoms with Crippen molar-refractivity contribution in [1.29, 1.82) is 0 Å². The first kappa shape index (κ1) is 22.0. The molecule has 2 rings (SSSR count). The van der Waals surface area contributed by atoms with Crippen molar-refractivity contribution in [3.05, 3.63) is 35.4 Å². The molecule has 1 amide bonds. The van der Waals surface area contributed by atoms with Crippen molar-refractivity contribution in [3.63, 3.8) is 0 Å². The fourth-order valence-electron chi connectivity index (χ4n) is 2.97. The van der Waals surface area contributed by atoms with E-state index in [0.29, 0.717) is 18.3 Å². The summed E-state index contributed by atoms with van der Waals surface area (Å²) in [6.45, 7) is 1.53. The van der Waals surface area contributed by atoms with Crippen molar-refractivity contribution in [1.82, 2.24) is 5.48 Å². The van der Waals surface area contributed by atoms with E-state index in [2.05, 4.69) is 23.7 Å². The van der Waals surface area contributed by atoms with Gasteiger partial charge in [0, 0.05) is 24.3 Å². The summed E-state index contributed by atoms with van der Waals surface area (Å²) in [7, 11) is -3.70. The van der Waals surface area contributed by atoms with Gasteiger partial charge in [-0.3, -0.25) is 10.0 Å². The van der Waals surface area contributed by atoms with E-state index in [-0.39, 0.29) is 13.0 Å². The van der Waals surface area contributed by atoms with Crippen molar-refractivity contribution in [2.75, 3.05) is 12.9 Å². The highest BCUT2D eigenvalue weighted by atomic mass is 32.2. The van der Waals surface area contributed by atoms with Crippen LogP contribution in [-0.2, 0) is 21.1 Å². The van der Waals surface area contributed by atoms with E-state index in [4.69, 9.17) is 10.3 Å². The fourth-order valence-corrected chi connectivity index (χ4v) is 3.82. The van der Waals surface area contributed by atoms with E-state index in [0.717, 1.165) is 30.2 Å². The lowest BCUT2D eigenvalue weighted by Gasteiger charge is -2.29. The van der Waals surface area contributed by atoms with Gasteiger partial charge in [0.1, 0.15) is 4.75 Å². The molecule has 1 unspecified atom stereocenters. The lowest BCUT2D eigenvalue weighted by Crippen LogP contribution is -2.49. The zero-order valence-electron chi connectivity index (χ0n) is 16.0. The number of nitrogens with one attached hydrogen (secondary N) is 1. The quantitative estimate of drug-likeness (QED) is 0.377. The SMILES string of the molecule is CC(CCc1ccc(C#CC#CC2CC(CO)C2)cc1)(C(=O)NO)S(C)(=O)=O. The van der Waals surface area contributed by atoms with Crippen LogP contribution in [0.5, 0.6) is 0 Å². The van der Waals surface area contributed by atoms with E-state index in [1.165, 1.54) is 12.4 Å². The predicted molar refractivity (Wildman–Crippen MR) is 106 cm³/mol. The molecule has 0 aliphatic heterocycles. The second kappa shape index (κ2) is 9.25. The molecule has 28 heavy (non-hydrogen) atoms. The number of hydrogen-bond donors (Lipinski definition) is 3. The van der Waals surface area contributed by atoms with E-state index in [1.54, 1.807) is 0 Å². The molecule has 150 valence electrons. The molecular weight excluding hydrogens is 378 g/mol. The average Bonchev–Trinajstić information content (AvgIpc) is 2.63. The van der Waals surface area contributed by atoms with Gasteiger partial charge in [0.05, 0.1) is 0 Å². The largest absolute Gasteiger partial charge is 0.396 e. The van der Waals surface area contributed by atoms with Gasteiger partial charge in [0.25, 0.3) is 5.91 Å². The molecule has 1 aromatic rings. The summed E-state index contributed by atoms with van der Waals surface area (Å²) in [6.07, 6.45) is 3.25. The van der Waals surface area contributed by atoms with Crippen LogP contribution in [-0.4, -0.2) is 42.2 Å². The molecule has 1 saturated carbocycles. The number of hydrogen-bond acceptors (Lipinski definition) is 5. The maximum atomic E-state index is 12.0. The Balaban J connectivity index is 1.95. The zero-order valence-corrected chi connectivity index (χ0v) is 16.8. The van der Waals surface area contributed by atoms with Crippen molar-refractivity contribution >= 4 is 15.7 Å². The third-order valence-corrected chi connectivity index (χ3v) is 7.31. The molecule has 1 aromatic carbocycles.